The summed E-state index contributed by atoms with van der Waals surface area (Å²) in [6, 6.07) is 8.26. The standard InChI is InChI=1S/C13H9F3N2O.ClH/c14-13(15,16)11-8(10-6-1-2-7-18-10)4-3-5-9(11)12(17)19;/h1-7H,(H2,17,19);1H. The van der Waals surface area contributed by atoms with Crippen LogP contribution in [0.1, 0.15) is 15.9 Å². The van der Waals surface area contributed by atoms with E-state index in [1.54, 1.807) is 12.1 Å². The molecule has 0 bridgehead atoms. The Kier molecular flexibility index (Phi) is 4.73. The van der Waals surface area contributed by atoms with Crippen LogP contribution in [-0.2, 0) is 6.18 Å². The van der Waals surface area contributed by atoms with Gasteiger partial charge in [0.15, 0.2) is 0 Å². The summed E-state index contributed by atoms with van der Waals surface area (Å²) in [7, 11) is 0. The van der Waals surface area contributed by atoms with E-state index < -0.39 is 23.2 Å². The number of rotatable bonds is 2. The first-order valence-corrected chi connectivity index (χ1v) is 5.32. The van der Waals surface area contributed by atoms with Gasteiger partial charge in [0.1, 0.15) is 0 Å². The lowest BCUT2D eigenvalue weighted by Crippen LogP contribution is -2.19. The summed E-state index contributed by atoms with van der Waals surface area (Å²) in [6.45, 7) is 0. The van der Waals surface area contributed by atoms with Crippen molar-refractivity contribution in [3.05, 3.63) is 53.7 Å². The summed E-state index contributed by atoms with van der Waals surface area (Å²) in [5.41, 5.74) is 3.36. The first kappa shape index (κ1) is 16.0. The topological polar surface area (TPSA) is 56.0 Å². The maximum Gasteiger partial charge on any atom is 0.417 e. The summed E-state index contributed by atoms with van der Waals surface area (Å²) in [5.74, 6) is -1.12. The molecular formula is C13H10ClF3N2O. The van der Waals surface area contributed by atoms with Gasteiger partial charge in [-0.3, -0.25) is 9.78 Å². The molecule has 2 rings (SSSR count). The molecule has 0 aliphatic carbocycles. The van der Waals surface area contributed by atoms with E-state index in [1.165, 1.54) is 24.4 Å². The lowest BCUT2D eigenvalue weighted by molar-refractivity contribution is -0.137. The summed E-state index contributed by atoms with van der Waals surface area (Å²) >= 11 is 0. The maximum atomic E-state index is 13.1. The first-order valence-electron chi connectivity index (χ1n) is 5.32. The summed E-state index contributed by atoms with van der Waals surface area (Å²) in [4.78, 5) is 15.0. The highest BCUT2D eigenvalue weighted by Crippen LogP contribution is 2.38. The van der Waals surface area contributed by atoms with E-state index in [2.05, 4.69) is 4.98 Å². The number of nitrogens with two attached hydrogens (primary N) is 1. The number of hydrogen-bond donors (Lipinski definition) is 1. The Bertz CT molecular complexity index is 615. The summed E-state index contributed by atoms with van der Waals surface area (Å²) in [5, 5.41) is 0. The molecule has 3 nitrogen and oxygen atoms in total. The Morgan fingerprint density at radius 2 is 1.80 bits per heavy atom. The van der Waals surface area contributed by atoms with Crippen LogP contribution in [0.25, 0.3) is 11.3 Å². The highest BCUT2D eigenvalue weighted by molar-refractivity contribution is 5.96. The summed E-state index contributed by atoms with van der Waals surface area (Å²) in [6.07, 6.45) is -3.30. The molecule has 0 fully saturated rings. The zero-order valence-corrected chi connectivity index (χ0v) is 10.8. The molecule has 106 valence electrons. The Balaban J connectivity index is 0.00000200. The van der Waals surface area contributed by atoms with Crippen molar-refractivity contribution in [3.8, 4) is 11.3 Å². The highest BCUT2D eigenvalue weighted by atomic mass is 35.5. The van der Waals surface area contributed by atoms with Gasteiger partial charge >= 0.3 is 6.18 Å². The molecule has 2 N–H and O–H groups in total. The molecule has 0 aliphatic rings. The van der Waals surface area contributed by atoms with Gasteiger partial charge in [0.05, 0.1) is 16.8 Å². The second-order valence-electron chi connectivity index (χ2n) is 3.81. The molecule has 7 heteroatoms. The van der Waals surface area contributed by atoms with E-state index in [0.717, 1.165) is 6.07 Å². The van der Waals surface area contributed by atoms with Gasteiger partial charge in [-0.2, -0.15) is 13.2 Å². The van der Waals surface area contributed by atoms with Crippen LogP contribution in [0, 0.1) is 0 Å². The molecule has 2 aromatic rings. The van der Waals surface area contributed by atoms with Gasteiger partial charge in [0, 0.05) is 11.8 Å². The first-order chi connectivity index (χ1) is 8.91. The quantitative estimate of drug-likeness (QED) is 0.925. The number of aromatic nitrogens is 1. The van der Waals surface area contributed by atoms with E-state index >= 15 is 0 Å². The fourth-order valence-electron chi connectivity index (χ4n) is 1.80. The number of hydrogen-bond acceptors (Lipinski definition) is 2. The maximum absolute atomic E-state index is 13.1. The lowest BCUT2D eigenvalue weighted by Gasteiger charge is -2.15. The van der Waals surface area contributed by atoms with Gasteiger partial charge in [0.25, 0.3) is 0 Å². The minimum absolute atomic E-state index is 0. The average molecular weight is 303 g/mol. The third kappa shape index (κ3) is 3.08. The van der Waals surface area contributed by atoms with Crippen molar-refractivity contribution in [1.82, 2.24) is 4.98 Å². The van der Waals surface area contributed by atoms with Gasteiger partial charge < -0.3 is 5.73 Å². The molecule has 0 atom stereocenters. The second-order valence-corrected chi connectivity index (χ2v) is 3.81. The van der Waals surface area contributed by atoms with E-state index in [-0.39, 0.29) is 23.7 Å². The van der Waals surface area contributed by atoms with Crippen LogP contribution in [0.3, 0.4) is 0 Å². The van der Waals surface area contributed by atoms with Crippen LogP contribution < -0.4 is 5.73 Å². The van der Waals surface area contributed by atoms with Crippen LogP contribution in [-0.4, -0.2) is 10.9 Å². The number of nitrogens with zero attached hydrogens (tertiary/aromatic N) is 1. The fraction of sp³-hybridized carbons (Fsp3) is 0.0769. The largest absolute Gasteiger partial charge is 0.417 e. The molecular weight excluding hydrogens is 293 g/mol. The van der Waals surface area contributed by atoms with Gasteiger partial charge in [-0.05, 0) is 18.2 Å². The molecule has 1 heterocycles. The zero-order valence-electron chi connectivity index (χ0n) is 10.0. The number of amides is 1. The smallest absolute Gasteiger partial charge is 0.366 e. The number of carbonyl (C=O) groups excluding carboxylic acids is 1. The molecule has 0 unspecified atom stereocenters. The van der Waals surface area contributed by atoms with Crippen molar-refractivity contribution < 1.29 is 18.0 Å². The van der Waals surface area contributed by atoms with Crippen molar-refractivity contribution in [3.63, 3.8) is 0 Å². The van der Waals surface area contributed by atoms with Crippen molar-refractivity contribution in [2.24, 2.45) is 5.73 Å². The Labute approximate surface area is 119 Å². The van der Waals surface area contributed by atoms with Gasteiger partial charge in [-0.15, -0.1) is 12.4 Å². The molecule has 1 aromatic carbocycles. The van der Waals surface area contributed by atoms with Crippen molar-refractivity contribution in [2.75, 3.05) is 0 Å². The summed E-state index contributed by atoms with van der Waals surface area (Å²) < 4.78 is 39.4. The highest BCUT2D eigenvalue weighted by Gasteiger charge is 2.37. The number of halogens is 4. The third-order valence-corrected chi connectivity index (χ3v) is 2.55. The van der Waals surface area contributed by atoms with Gasteiger partial charge in [0.2, 0.25) is 5.91 Å². The van der Waals surface area contributed by atoms with Crippen LogP contribution in [0.2, 0.25) is 0 Å². The Morgan fingerprint density at radius 1 is 1.10 bits per heavy atom. The predicted octanol–water partition coefficient (Wildman–Crippen LogP) is 3.29. The molecule has 0 radical (unpaired) electrons. The Hall–Kier alpha value is -2.08. The van der Waals surface area contributed by atoms with Crippen LogP contribution >= 0.6 is 12.4 Å². The number of primary amides is 1. The van der Waals surface area contributed by atoms with E-state index in [9.17, 15) is 18.0 Å². The third-order valence-electron chi connectivity index (χ3n) is 2.55. The van der Waals surface area contributed by atoms with Crippen molar-refractivity contribution in [2.45, 2.75) is 6.18 Å². The van der Waals surface area contributed by atoms with Crippen LogP contribution in [0.4, 0.5) is 13.2 Å². The van der Waals surface area contributed by atoms with Crippen molar-refractivity contribution in [1.29, 1.82) is 0 Å². The van der Waals surface area contributed by atoms with E-state index in [0.29, 0.717) is 0 Å². The number of alkyl halides is 3. The van der Waals surface area contributed by atoms with E-state index in [1.807, 2.05) is 0 Å². The minimum atomic E-state index is -4.68. The second kappa shape index (κ2) is 5.92. The monoisotopic (exact) mass is 302 g/mol. The number of benzene rings is 1. The van der Waals surface area contributed by atoms with Crippen molar-refractivity contribution >= 4 is 18.3 Å². The molecule has 0 saturated carbocycles. The normalized spacial score (nSPS) is 10.8. The average Bonchev–Trinajstić information content (AvgIpc) is 2.38. The molecule has 0 saturated heterocycles. The SMILES string of the molecule is Cl.NC(=O)c1cccc(-c2ccccn2)c1C(F)(F)F. The molecule has 0 aliphatic heterocycles. The zero-order chi connectivity index (χ0) is 14.0. The van der Waals surface area contributed by atoms with Crippen LogP contribution in [0.15, 0.2) is 42.6 Å². The molecule has 1 amide bonds. The lowest BCUT2D eigenvalue weighted by atomic mass is 9.97. The van der Waals surface area contributed by atoms with Gasteiger partial charge in [-0.25, -0.2) is 0 Å². The van der Waals surface area contributed by atoms with Gasteiger partial charge in [-0.1, -0.05) is 18.2 Å². The predicted molar refractivity (Wildman–Crippen MR) is 70.4 cm³/mol. The minimum Gasteiger partial charge on any atom is -0.366 e. The number of pyridine rings is 1. The molecule has 1 aromatic heterocycles. The molecule has 20 heavy (non-hydrogen) atoms. The number of carbonyl (C=O) groups is 1. The molecule has 0 spiro atoms. The Morgan fingerprint density at radius 3 is 2.30 bits per heavy atom. The van der Waals surface area contributed by atoms with E-state index in [4.69, 9.17) is 5.73 Å². The fourth-order valence-corrected chi connectivity index (χ4v) is 1.80. The van der Waals surface area contributed by atoms with Crippen LogP contribution in [0.5, 0.6) is 0 Å².